The fourth-order valence-electron chi connectivity index (χ4n) is 3.57. The Morgan fingerprint density at radius 3 is 2.44 bits per heavy atom. The number of esters is 1. The first-order valence-corrected chi connectivity index (χ1v) is 9.02. The minimum absolute atomic E-state index is 0.109. The summed E-state index contributed by atoms with van der Waals surface area (Å²) >= 11 is 0. The van der Waals surface area contributed by atoms with Crippen molar-refractivity contribution in [2.24, 2.45) is 17.8 Å². The maximum absolute atomic E-state index is 12.8. The minimum atomic E-state index is -0.862. The van der Waals surface area contributed by atoms with Crippen molar-refractivity contribution < 1.29 is 19.1 Å². The molecule has 4 atom stereocenters. The van der Waals surface area contributed by atoms with Crippen molar-refractivity contribution in [2.75, 3.05) is 7.11 Å². The summed E-state index contributed by atoms with van der Waals surface area (Å²) in [4.78, 5) is 24.5. The molecule has 0 bridgehead atoms. The van der Waals surface area contributed by atoms with Crippen molar-refractivity contribution in [3.63, 3.8) is 0 Å². The first kappa shape index (κ1) is 19.3. The van der Waals surface area contributed by atoms with Crippen LogP contribution in [0.15, 0.2) is 30.3 Å². The van der Waals surface area contributed by atoms with E-state index in [1.165, 1.54) is 13.5 Å². The number of amides is 1. The number of carbonyl (C=O) groups is 2. The van der Waals surface area contributed by atoms with Crippen molar-refractivity contribution in [1.29, 1.82) is 0 Å². The van der Waals surface area contributed by atoms with Gasteiger partial charge in [-0.1, -0.05) is 57.5 Å². The van der Waals surface area contributed by atoms with Crippen molar-refractivity contribution in [3.8, 4) is 0 Å². The molecule has 0 aromatic heterocycles. The van der Waals surface area contributed by atoms with Crippen LogP contribution in [-0.2, 0) is 14.3 Å². The molecule has 0 heterocycles. The minimum Gasteiger partial charge on any atom is -0.460 e. The number of alkyl carbamates (subject to hydrolysis) is 1. The summed E-state index contributed by atoms with van der Waals surface area (Å²) in [5.74, 6) is 0.918. The number of hydrogen-bond acceptors (Lipinski definition) is 4. The van der Waals surface area contributed by atoms with Gasteiger partial charge in [0.2, 0.25) is 0 Å². The van der Waals surface area contributed by atoms with Gasteiger partial charge in [-0.15, -0.1) is 0 Å². The lowest BCUT2D eigenvalue weighted by Gasteiger charge is -2.37. The number of carbonyl (C=O) groups excluding carboxylic acids is 2. The predicted molar refractivity (Wildman–Crippen MR) is 95.9 cm³/mol. The molecule has 1 saturated carbocycles. The lowest BCUT2D eigenvalue weighted by Crippen LogP contribution is -2.40. The Labute approximate surface area is 150 Å². The second-order valence-corrected chi connectivity index (χ2v) is 7.28. The Morgan fingerprint density at radius 2 is 1.84 bits per heavy atom. The molecule has 2 rings (SSSR count). The van der Waals surface area contributed by atoms with E-state index in [4.69, 9.17) is 4.74 Å². The smallest absolute Gasteiger partial charge is 0.407 e. The Bertz CT molecular complexity index is 572. The molecule has 1 aromatic rings. The quantitative estimate of drug-likeness (QED) is 0.815. The second-order valence-electron chi connectivity index (χ2n) is 7.28. The second kappa shape index (κ2) is 8.88. The molecule has 1 N–H and O–H groups in total. The van der Waals surface area contributed by atoms with Crippen LogP contribution in [0.5, 0.6) is 0 Å². The molecule has 25 heavy (non-hydrogen) atoms. The lowest BCUT2D eigenvalue weighted by atomic mass is 9.75. The third-order valence-electron chi connectivity index (χ3n) is 5.05. The van der Waals surface area contributed by atoms with E-state index < -0.39 is 18.1 Å². The Morgan fingerprint density at radius 1 is 1.16 bits per heavy atom. The standard InChI is InChI=1S/C20H29NO4/c1-13(2)16-11-10-14(3)12-17(16)25-19(22)18(21-20(23)24-4)15-8-6-5-7-9-15/h5-9,13-14,16-18H,10-12H2,1-4H3,(H,21,23)/t14-,16+,17-,18?/m0/s1. The molecule has 0 aliphatic heterocycles. The number of nitrogens with one attached hydrogen (secondary N) is 1. The monoisotopic (exact) mass is 347 g/mol. The Kier molecular flexibility index (Phi) is 6.85. The van der Waals surface area contributed by atoms with Crippen LogP contribution in [0.4, 0.5) is 4.79 Å². The third kappa shape index (κ3) is 5.21. The first-order valence-electron chi connectivity index (χ1n) is 9.02. The van der Waals surface area contributed by atoms with Crippen LogP contribution in [0, 0.1) is 17.8 Å². The lowest BCUT2D eigenvalue weighted by molar-refractivity contribution is -0.158. The van der Waals surface area contributed by atoms with Gasteiger partial charge in [0.1, 0.15) is 6.10 Å². The van der Waals surface area contributed by atoms with Crippen LogP contribution in [-0.4, -0.2) is 25.3 Å². The molecule has 138 valence electrons. The fourth-order valence-corrected chi connectivity index (χ4v) is 3.57. The zero-order valence-electron chi connectivity index (χ0n) is 15.5. The van der Waals surface area contributed by atoms with E-state index in [1.807, 2.05) is 18.2 Å². The van der Waals surface area contributed by atoms with Crippen LogP contribution in [0.25, 0.3) is 0 Å². The van der Waals surface area contributed by atoms with E-state index in [1.54, 1.807) is 12.1 Å². The number of hydrogen-bond donors (Lipinski definition) is 1. The van der Waals surface area contributed by atoms with Gasteiger partial charge in [-0.2, -0.15) is 0 Å². The molecule has 5 nitrogen and oxygen atoms in total. The summed E-state index contributed by atoms with van der Waals surface area (Å²) in [6, 6.07) is 8.25. The summed E-state index contributed by atoms with van der Waals surface area (Å²) in [6.45, 7) is 6.53. The molecule has 0 saturated heterocycles. The zero-order chi connectivity index (χ0) is 18.4. The first-order chi connectivity index (χ1) is 11.9. The van der Waals surface area contributed by atoms with Crippen molar-refractivity contribution in [3.05, 3.63) is 35.9 Å². The topological polar surface area (TPSA) is 64.6 Å². The highest BCUT2D eigenvalue weighted by Gasteiger charge is 2.35. The van der Waals surface area contributed by atoms with E-state index in [0.29, 0.717) is 23.3 Å². The summed E-state index contributed by atoms with van der Waals surface area (Å²) in [7, 11) is 1.28. The summed E-state index contributed by atoms with van der Waals surface area (Å²) in [5, 5.41) is 2.59. The average Bonchev–Trinajstić information content (AvgIpc) is 2.59. The maximum atomic E-state index is 12.8. The maximum Gasteiger partial charge on any atom is 0.407 e. The largest absolute Gasteiger partial charge is 0.460 e. The summed E-state index contributed by atoms with van der Waals surface area (Å²) in [5.41, 5.74) is 0.683. The van der Waals surface area contributed by atoms with E-state index >= 15 is 0 Å². The Hall–Kier alpha value is -2.04. The van der Waals surface area contributed by atoms with E-state index in [0.717, 1.165) is 12.8 Å². The van der Waals surface area contributed by atoms with Gasteiger partial charge in [-0.25, -0.2) is 9.59 Å². The van der Waals surface area contributed by atoms with Gasteiger partial charge in [-0.3, -0.25) is 0 Å². The highest BCUT2D eigenvalue weighted by Crippen LogP contribution is 2.36. The molecule has 1 aliphatic rings. The van der Waals surface area contributed by atoms with Gasteiger partial charge in [0.05, 0.1) is 7.11 Å². The van der Waals surface area contributed by atoms with Crippen LogP contribution in [0.1, 0.15) is 51.6 Å². The molecule has 1 amide bonds. The number of methoxy groups -OCH3 is 1. The van der Waals surface area contributed by atoms with Gasteiger partial charge in [0, 0.05) is 0 Å². The van der Waals surface area contributed by atoms with Crippen molar-refractivity contribution >= 4 is 12.1 Å². The molecule has 1 unspecified atom stereocenters. The summed E-state index contributed by atoms with van der Waals surface area (Å²) < 4.78 is 10.5. The molecule has 0 spiro atoms. The van der Waals surface area contributed by atoms with E-state index in [9.17, 15) is 9.59 Å². The molecular formula is C20H29NO4. The number of rotatable bonds is 5. The van der Waals surface area contributed by atoms with Gasteiger partial charge in [-0.05, 0) is 36.2 Å². The molecule has 0 radical (unpaired) electrons. The average molecular weight is 347 g/mol. The number of ether oxygens (including phenoxy) is 2. The van der Waals surface area contributed by atoms with Crippen LogP contribution in [0.3, 0.4) is 0 Å². The zero-order valence-corrected chi connectivity index (χ0v) is 15.5. The molecule has 5 heteroatoms. The van der Waals surface area contributed by atoms with Crippen LogP contribution >= 0.6 is 0 Å². The number of benzene rings is 1. The normalized spacial score (nSPS) is 24.4. The highest BCUT2D eigenvalue weighted by atomic mass is 16.6. The van der Waals surface area contributed by atoms with Gasteiger partial charge in [0.15, 0.2) is 6.04 Å². The highest BCUT2D eigenvalue weighted by molar-refractivity contribution is 5.82. The summed E-state index contributed by atoms with van der Waals surface area (Å²) in [6.07, 6.45) is 2.34. The SMILES string of the molecule is COC(=O)NC(C(=O)O[C@H]1C[C@@H](C)CC[C@@H]1C(C)C)c1ccccc1. The Balaban J connectivity index is 2.16. The molecule has 1 aromatic carbocycles. The van der Waals surface area contributed by atoms with Crippen LogP contribution in [0.2, 0.25) is 0 Å². The van der Waals surface area contributed by atoms with Gasteiger partial charge >= 0.3 is 12.1 Å². The molecular weight excluding hydrogens is 318 g/mol. The van der Waals surface area contributed by atoms with Gasteiger partial charge < -0.3 is 14.8 Å². The van der Waals surface area contributed by atoms with E-state index in [2.05, 4.69) is 30.8 Å². The van der Waals surface area contributed by atoms with Gasteiger partial charge in [0.25, 0.3) is 0 Å². The van der Waals surface area contributed by atoms with E-state index in [-0.39, 0.29) is 6.10 Å². The predicted octanol–water partition coefficient (Wildman–Crippen LogP) is 4.09. The van der Waals surface area contributed by atoms with Crippen LogP contribution < -0.4 is 5.32 Å². The van der Waals surface area contributed by atoms with Crippen molar-refractivity contribution in [2.45, 2.75) is 52.2 Å². The molecule has 1 aliphatic carbocycles. The third-order valence-corrected chi connectivity index (χ3v) is 5.05. The molecule has 1 fully saturated rings. The fraction of sp³-hybridized carbons (Fsp3) is 0.600. The van der Waals surface area contributed by atoms with Crippen molar-refractivity contribution in [1.82, 2.24) is 5.32 Å².